The molecule has 0 aliphatic carbocycles. The van der Waals surface area contributed by atoms with Gasteiger partial charge >= 0.3 is 0 Å². The van der Waals surface area contributed by atoms with Crippen molar-refractivity contribution in [2.75, 3.05) is 6.54 Å². The lowest BCUT2D eigenvalue weighted by molar-refractivity contribution is 0.622. The lowest BCUT2D eigenvalue weighted by Crippen LogP contribution is -2.14. The third-order valence-electron chi connectivity index (χ3n) is 2.89. The normalized spacial score (nSPS) is 22.5. The van der Waals surface area contributed by atoms with E-state index in [1.165, 1.54) is 29.8 Å². The quantitative estimate of drug-likeness (QED) is 0.725. The van der Waals surface area contributed by atoms with E-state index in [4.69, 9.17) is 0 Å². The Hall–Kier alpha value is -0.830. The van der Waals surface area contributed by atoms with E-state index in [1.807, 2.05) is 0 Å². The van der Waals surface area contributed by atoms with Crippen molar-refractivity contribution in [1.29, 1.82) is 0 Å². The summed E-state index contributed by atoms with van der Waals surface area (Å²) in [5, 5.41) is 11.0. The van der Waals surface area contributed by atoms with Crippen molar-refractivity contribution >= 4 is 0 Å². The topological polar surface area (TPSA) is 40.7 Å². The van der Waals surface area contributed by atoms with Gasteiger partial charge in [0.05, 0.1) is 11.7 Å². The molecule has 1 aliphatic rings. The van der Waals surface area contributed by atoms with Crippen LogP contribution in [0, 0.1) is 6.92 Å². The maximum absolute atomic E-state index is 4.38. The number of aromatic amines is 1. The Bertz CT molecular complexity index is 284. The van der Waals surface area contributed by atoms with Crippen LogP contribution in [-0.4, -0.2) is 16.7 Å². The summed E-state index contributed by atoms with van der Waals surface area (Å²) in [4.78, 5) is 0. The van der Waals surface area contributed by atoms with E-state index in [0.717, 1.165) is 13.0 Å². The second-order valence-electron chi connectivity index (χ2n) is 3.71. The summed E-state index contributed by atoms with van der Waals surface area (Å²) in [5.41, 5.74) is 3.86. The Labute approximate surface area is 78.9 Å². The minimum Gasteiger partial charge on any atom is -0.309 e. The Morgan fingerprint density at radius 1 is 1.54 bits per heavy atom. The summed E-state index contributed by atoms with van der Waals surface area (Å²) in [7, 11) is 0. The number of rotatable bonds is 2. The molecule has 2 N–H and O–H groups in total. The van der Waals surface area contributed by atoms with Gasteiger partial charge in [-0.05, 0) is 38.3 Å². The fourth-order valence-electron chi connectivity index (χ4n) is 2.05. The van der Waals surface area contributed by atoms with Gasteiger partial charge in [-0.3, -0.25) is 5.10 Å². The number of aryl methyl sites for hydroxylation is 1. The first-order valence-electron chi connectivity index (χ1n) is 5.10. The molecule has 1 saturated heterocycles. The predicted molar refractivity (Wildman–Crippen MR) is 52.7 cm³/mol. The monoisotopic (exact) mass is 179 g/mol. The zero-order valence-corrected chi connectivity index (χ0v) is 8.35. The third kappa shape index (κ3) is 1.48. The number of nitrogens with zero attached hydrogens (tertiary/aromatic N) is 1. The van der Waals surface area contributed by atoms with E-state index in [2.05, 4.69) is 29.4 Å². The van der Waals surface area contributed by atoms with Gasteiger partial charge in [0, 0.05) is 5.69 Å². The summed E-state index contributed by atoms with van der Waals surface area (Å²) in [6, 6.07) is 0.497. The maximum atomic E-state index is 4.38. The van der Waals surface area contributed by atoms with Crippen molar-refractivity contribution < 1.29 is 0 Å². The molecule has 0 spiro atoms. The van der Waals surface area contributed by atoms with Crippen molar-refractivity contribution in [1.82, 2.24) is 15.5 Å². The van der Waals surface area contributed by atoms with Gasteiger partial charge in [0.15, 0.2) is 0 Å². The van der Waals surface area contributed by atoms with Crippen molar-refractivity contribution in [3.63, 3.8) is 0 Å². The van der Waals surface area contributed by atoms with Crippen LogP contribution in [0.3, 0.4) is 0 Å². The van der Waals surface area contributed by atoms with E-state index in [9.17, 15) is 0 Å². The number of nitrogens with one attached hydrogen (secondary N) is 2. The molecule has 0 saturated carbocycles. The standard InChI is InChI=1S/C10H17N3/c1-3-8-7(2)10(13-12-8)9-5-4-6-11-9/h9,11H,3-6H2,1-2H3,(H,12,13). The summed E-state index contributed by atoms with van der Waals surface area (Å²) in [5.74, 6) is 0. The molecule has 0 bridgehead atoms. The second-order valence-corrected chi connectivity index (χ2v) is 3.71. The molecule has 1 fully saturated rings. The predicted octanol–water partition coefficient (Wildman–Crippen LogP) is 1.71. The van der Waals surface area contributed by atoms with Gasteiger partial charge in [0.25, 0.3) is 0 Å². The summed E-state index contributed by atoms with van der Waals surface area (Å²) >= 11 is 0. The molecule has 1 aliphatic heterocycles. The highest BCUT2D eigenvalue weighted by Crippen LogP contribution is 2.25. The number of H-pyrrole nitrogens is 1. The molecule has 3 nitrogen and oxygen atoms in total. The molecule has 1 aromatic heterocycles. The average molecular weight is 179 g/mol. The van der Waals surface area contributed by atoms with Crippen molar-refractivity contribution in [3.8, 4) is 0 Å². The van der Waals surface area contributed by atoms with Crippen LogP contribution in [0.1, 0.15) is 42.8 Å². The van der Waals surface area contributed by atoms with Crippen molar-refractivity contribution in [3.05, 3.63) is 17.0 Å². The van der Waals surface area contributed by atoms with Crippen LogP contribution in [-0.2, 0) is 6.42 Å². The molecule has 0 aromatic carbocycles. The van der Waals surface area contributed by atoms with E-state index in [-0.39, 0.29) is 0 Å². The molecule has 0 amide bonds. The van der Waals surface area contributed by atoms with Crippen LogP contribution in [0.15, 0.2) is 0 Å². The highest BCUT2D eigenvalue weighted by atomic mass is 15.1. The summed E-state index contributed by atoms with van der Waals surface area (Å²) < 4.78 is 0. The highest BCUT2D eigenvalue weighted by Gasteiger charge is 2.21. The fourth-order valence-corrected chi connectivity index (χ4v) is 2.05. The molecule has 1 aromatic rings. The van der Waals surface area contributed by atoms with E-state index in [0.29, 0.717) is 6.04 Å². The minimum absolute atomic E-state index is 0.497. The lowest BCUT2D eigenvalue weighted by Gasteiger charge is -2.07. The Balaban J connectivity index is 2.24. The van der Waals surface area contributed by atoms with Crippen LogP contribution >= 0.6 is 0 Å². The number of hydrogen-bond acceptors (Lipinski definition) is 2. The number of aromatic nitrogens is 2. The maximum Gasteiger partial charge on any atom is 0.0823 e. The van der Waals surface area contributed by atoms with E-state index < -0.39 is 0 Å². The highest BCUT2D eigenvalue weighted by molar-refractivity contribution is 5.26. The van der Waals surface area contributed by atoms with Crippen LogP contribution in [0.2, 0.25) is 0 Å². The molecule has 72 valence electrons. The zero-order chi connectivity index (χ0) is 9.26. The Kier molecular flexibility index (Phi) is 2.36. The molecule has 1 atom stereocenters. The van der Waals surface area contributed by atoms with Crippen LogP contribution in [0.4, 0.5) is 0 Å². The van der Waals surface area contributed by atoms with Gasteiger partial charge in [-0.25, -0.2) is 0 Å². The Morgan fingerprint density at radius 2 is 2.38 bits per heavy atom. The number of hydrogen-bond donors (Lipinski definition) is 2. The SMILES string of the molecule is CCc1[nH]nc(C2CCCN2)c1C. The average Bonchev–Trinajstić information content (AvgIpc) is 2.72. The van der Waals surface area contributed by atoms with Gasteiger partial charge in [0.2, 0.25) is 0 Å². The van der Waals surface area contributed by atoms with Crippen LogP contribution in [0.25, 0.3) is 0 Å². The molecule has 1 unspecified atom stereocenters. The molecule has 2 heterocycles. The minimum atomic E-state index is 0.497. The largest absolute Gasteiger partial charge is 0.309 e. The molecular weight excluding hydrogens is 162 g/mol. The van der Waals surface area contributed by atoms with Gasteiger partial charge < -0.3 is 5.32 Å². The molecule has 2 rings (SSSR count). The van der Waals surface area contributed by atoms with Crippen LogP contribution in [0.5, 0.6) is 0 Å². The first-order chi connectivity index (χ1) is 6.33. The third-order valence-corrected chi connectivity index (χ3v) is 2.89. The molecule has 0 radical (unpaired) electrons. The van der Waals surface area contributed by atoms with Gasteiger partial charge in [-0.2, -0.15) is 5.10 Å². The van der Waals surface area contributed by atoms with Crippen LogP contribution < -0.4 is 5.32 Å². The zero-order valence-electron chi connectivity index (χ0n) is 8.35. The summed E-state index contributed by atoms with van der Waals surface area (Å²) in [6.45, 7) is 5.46. The first kappa shape index (κ1) is 8.75. The second kappa shape index (κ2) is 3.50. The van der Waals surface area contributed by atoms with E-state index in [1.54, 1.807) is 0 Å². The summed E-state index contributed by atoms with van der Waals surface area (Å²) in [6.07, 6.45) is 3.55. The van der Waals surface area contributed by atoms with E-state index >= 15 is 0 Å². The van der Waals surface area contributed by atoms with Gasteiger partial charge in [-0.15, -0.1) is 0 Å². The van der Waals surface area contributed by atoms with Crippen molar-refractivity contribution in [2.24, 2.45) is 0 Å². The first-order valence-corrected chi connectivity index (χ1v) is 5.10. The fraction of sp³-hybridized carbons (Fsp3) is 0.700. The smallest absolute Gasteiger partial charge is 0.0823 e. The van der Waals surface area contributed by atoms with Crippen molar-refractivity contribution in [2.45, 2.75) is 39.2 Å². The lowest BCUT2D eigenvalue weighted by atomic mass is 10.1. The molecular formula is C10H17N3. The molecule has 3 heteroatoms. The van der Waals surface area contributed by atoms with Gasteiger partial charge in [-0.1, -0.05) is 6.92 Å². The molecule has 13 heavy (non-hydrogen) atoms. The van der Waals surface area contributed by atoms with Gasteiger partial charge in [0.1, 0.15) is 0 Å². The Morgan fingerprint density at radius 3 is 2.92 bits per heavy atom.